The summed E-state index contributed by atoms with van der Waals surface area (Å²) in [7, 11) is -2.46. The van der Waals surface area contributed by atoms with E-state index in [1.807, 2.05) is 0 Å². The molecule has 0 aliphatic carbocycles. The molecular formula is C11H13ClFNO4S. The van der Waals surface area contributed by atoms with Crippen LogP contribution in [0.1, 0.15) is 12.8 Å². The molecule has 0 bridgehead atoms. The maximum Gasteiger partial charge on any atom is 0.303 e. The molecule has 0 amide bonds. The van der Waals surface area contributed by atoms with Gasteiger partial charge >= 0.3 is 5.97 Å². The molecule has 0 spiro atoms. The lowest BCUT2D eigenvalue weighted by molar-refractivity contribution is -0.137. The van der Waals surface area contributed by atoms with Crippen molar-refractivity contribution in [1.29, 1.82) is 0 Å². The molecule has 0 saturated carbocycles. The van der Waals surface area contributed by atoms with Gasteiger partial charge in [0.05, 0.1) is 9.92 Å². The number of sulfonamides is 1. The lowest BCUT2D eigenvalue weighted by atomic mass is 10.3. The van der Waals surface area contributed by atoms with Gasteiger partial charge in [-0.25, -0.2) is 17.1 Å². The Kier molecular flexibility index (Phi) is 5.28. The number of nitrogens with zero attached hydrogens (tertiary/aromatic N) is 1. The Balaban J connectivity index is 2.84. The van der Waals surface area contributed by atoms with Gasteiger partial charge in [-0.1, -0.05) is 11.6 Å². The van der Waals surface area contributed by atoms with E-state index in [4.69, 9.17) is 16.7 Å². The van der Waals surface area contributed by atoms with Crippen molar-refractivity contribution in [2.45, 2.75) is 17.7 Å². The molecule has 1 N–H and O–H groups in total. The van der Waals surface area contributed by atoms with Crippen LogP contribution in [0.15, 0.2) is 23.1 Å². The summed E-state index contributed by atoms with van der Waals surface area (Å²) in [5, 5.41) is 8.21. The summed E-state index contributed by atoms with van der Waals surface area (Å²) in [4.78, 5) is 10.2. The van der Waals surface area contributed by atoms with Gasteiger partial charge in [-0.3, -0.25) is 4.79 Å². The Morgan fingerprint density at radius 2 is 2.11 bits per heavy atom. The smallest absolute Gasteiger partial charge is 0.303 e. The maximum atomic E-state index is 13.0. The van der Waals surface area contributed by atoms with E-state index in [1.165, 1.54) is 7.05 Å². The quantitative estimate of drug-likeness (QED) is 0.871. The predicted octanol–water partition coefficient (Wildman–Crippen LogP) is 1.96. The Morgan fingerprint density at radius 3 is 2.63 bits per heavy atom. The molecule has 0 aliphatic heterocycles. The second-order valence-electron chi connectivity index (χ2n) is 3.90. The molecule has 0 atom stereocenters. The van der Waals surface area contributed by atoms with Crippen LogP contribution in [0.3, 0.4) is 0 Å². The number of halogens is 2. The standard InChI is InChI=1S/C11H13ClFNO4S/c1-14(6-2-3-11(15)16)19(17,18)8-4-5-10(13)9(12)7-8/h4-5,7H,2-3,6H2,1H3,(H,15,16). The normalized spacial score (nSPS) is 11.8. The second kappa shape index (κ2) is 6.31. The number of hydrogen-bond donors (Lipinski definition) is 1. The number of carbonyl (C=O) groups is 1. The molecule has 0 fully saturated rings. The van der Waals surface area contributed by atoms with E-state index in [9.17, 15) is 17.6 Å². The fourth-order valence-corrected chi connectivity index (χ4v) is 2.87. The summed E-state index contributed by atoms with van der Waals surface area (Å²) >= 11 is 5.53. The molecule has 1 rings (SSSR count). The largest absolute Gasteiger partial charge is 0.481 e. The fraction of sp³-hybridized carbons (Fsp3) is 0.364. The van der Waals surface area contributed by atoms with Gasteiger partial charge in [0.25, 0.3) is 0 Å². The summed E-state index contributed by atoms with van der Waals surface area (Å²) in [6, 6.07) is 3.12. The second-order valence-corrected chi connectivity index (χ2v) is 6.35. The van der Waals surface area contributed by atoms with Crippen molar-refractivity contribution in [2.75, 3.05) is 13.6 Å². The molecule has 1 aromatic carbocycles. The molecule has 0 aromatic heterocycles. The average Bonchev–Trinajstić information content (AvgIpc) is 2.31. The van der Waals surface area contributed by atoms with E-state index in [2.05, 4.69) is 0 Å². The van der Waals surface area contributed by atoms with Gasteiger partial charge in [0.1, 0.15) is 5.82 Å². The third-order valence-corrected chi connectivity index (χ3v) is 4.61. The average molecular weight is 310 g/mol. The van der Waals surface area contributed by atoms with Crippen LogP contribution in [0.5, 0.6) is 0 Å². The zero-order valence-electron chi connectivity index (χ0n) is 10.1. The minimum absolute atomic E-state index is 0.0592. The molecule has 5 nitrogen and oxygen atoms in total. The van der Waals surface area contributed by atoms with Gasteiger partial charge in [-0.15, -0.1) is 0 Å². The third kappa shape index (κ3) is 4.15. The lowest BCUT2D eigenvalue weighted by Gasteiger charge is -2.16. The van der Waals surface area contributed by atoms with Gasteiger partial charge in [0, 0.05) is 20.0 Å². The van der Waals surface area contributed by atoms with Crippen molar-refractivity contribution < 1.29 is 22.7 Å². The summed E-state index contributed by atoms with van der Waals surface area (Å²) in [6.07, 6.45) is 0.0734. The van der Waals surface area contributed by atoms with Gasteiger partial charge in [-0.05, 0) is 24.6 Å². The van der Waals surface area contributed by atoms with Crippen LogP contribution < -0.4 is 0 Å². The number of hydrogen-bond acceptors (Lipinski definition) is 3. The topological polar surface area (TPSA) is 74.7 Å². The van der Waals surface area contributed by atoms with Crippen LogP contribution >= 0.6 is 11.6 Å². The lowest BCUT2D eigenvalue weighted by Crippen LogP contribution is -2.28. The zero-order chi connectivity index (χ0) is 14.6. The Hall–Kier alpha value is -1.18. The molecule has 0 saturated heterocycles. The monoisotopic (exact) mass is 309 g/mol. The van der Waals surface area contributed by atoms with Gasteiger partial charge in [0.2, 0.25) is 10.0 Å². The van der Waals surface area contributed by atoms with Crippen LogP contribution in [-0.4, -0.2) is 37.4 Å². The van der Waals surface area contributed by atoms with Crippen molar-refractivity contribution in [3.63, 3.8) is 0 Å². The number of benzene rings is 1. The van der Waals surface area contributed by atoms with E-state index in [-0.39, 0.29) is 29.3 Å². The molecular weight excluding hydrogens is 297 g/mol. The Labute approximate surface area is 115 Å². The first-order chi connectivity index (χ1) is 8.75. The van der Waals surface area contributed by atoms with Crippen molar-refractivity contribution >= 4 is 27.6 Å². The molecule has 0 aliphatic rings. The Morgan fingerprint density at radius 1 is 1.47 bits per heavy atom. The number of rotatable bonds is 6. The van der Waals surface area contributed by atoms with Gasteiger partial charge in [0.15, 0.2) is 0 Å². The molecule has 1 aromatic rings. The molecule has 0 radical (unpaired) electrons. The molecule has 106 valence electrons. The van der Waals surface area contributed by atoms with Crippen molar-refractivity contribution in [3.05, 3.63) is 29.0 Å². The first-order valence-corrected chi connectivity index (χ1v) is 7.20. The van der Waals surface area contributed by atoms with Crippen molar-refractivity contribution in [1.82, 2.24) is 4.31 Å². The summed E-state index contributed by atoms with van der Waals surface area (Å²) in [5.74, 6) is -1.69. The first kappa shape index (κ1) is 15.9. The van der Waals surface area contributed by atoms with Crippen molar-refractivity contribution in [2.24, 2.45) is 0 Å². The van der Waals surface area contributed by atoms with Crippen molar-refractivity contribution in [3.8, 4) is 0 Å². The molecule has 8 heteroatoms. The molecule has 0 heterocycles. The van der Waals surface area contributed by atoms with Crippen LogP contribution in [0.4, 0.5) is 4.39 Å². The highest BCUT2D eigenvalue weighted by Crippen LogP contribution is 2.21. The van der Waals surface area contributed by atoms with Crippen LogP contribution in [0, 0.1) is 5.82 Å². The minimum atomic E-state index is -3.79. The SMILES string of the molecule is CN(CCCC(=O)O)S(=O)(=O)c1ccc(F)c(Cl)c1. The zero-order valence-corrected chi connectivity index (χ0v) is 11.7. The highest BCUT2D eigenvalue weighted by molar-refractivity contribution is 7.89. The molecule has 19 heavy (non-hydrogen) atoms. The van der Waals surface area contributed by atoms with Crippen LogP contribution in [0.2, 0.25) is 5.02 Å². The summed E-state index contributed by atoms with van der Waals surface area (Å²) in [5.41, 5.74) is 0. The molecule has 0 unspecified atom stereocenters. The van der Waals surface area contributed by atoms with E-state index in [0.717, 1.165) is 22.5 Å². The van der Waals surface area contributed by atoms with E-state index >= 15 is 0 Å². The van der Waals surface area contributed by atoms with Crippen LogP contribution in [0.25, 0.3) is 0 Å². The number of carboxylic acid groups (broad SMARTS) is 1. The fourth-order valence-electron chi connectivity index (χ4n) is 1.39. The highest BCUT2D eigenvalue weighted by atomic mass is 35.5. The van der Waals surface area contributed by atoms with Gasteiger partial charge < -0.3 is 5.11 Å². The Bertz CT molecular complexity index is 576. The third-order valence-electron chi connectivity index (χ3n) is 2.46. The van der Waals surface area contributed by atoms with E-state index < -0.39 is 21.8 Å². The first-order valence-electron chi connectivity index (χ1n) is 5.38. The predicted molar refractivity (Wildman–Crippen MR) is 68.1 cm³/mol. The van der Waals surface area contributed by atoms with E-state index in [1.54, 1.807) is 0 Å². The maximum absolute atomic E-state index is 13.0. The van der Waals surface area contributed by atoms with Gasteiger partial charge in [-0.2, -0.15) is 0 Å². The number of carboxylic acids is 1. The van der Waals surface area contributed by atoms with Crippen LogP contribution in [-0.2, 0) is 14.8 Å². The number of aliphatic carboxylic acids is 1. The highest BCUT2D eigenvalue weighted by Gasteiger charge is 2.21. The van der Waals surface area contributed by atoms with E-state index in [0.29, 0.717) is 0 Å². The summed E-state index contributed by atoms with van der Waals surface area (Å²) < 4.78 is 38.1. The minimum Gasteiger partial charge on any atom is -0.481 e. The summed E-state index contributed by atoms with van der Waals surface area (Å²) in [6.45, 7) is 0.0592.